The highest BCUT2D eigenvalue weighted by atomic mass is 16.2. The summed E-state index contributed by atoms with van der Waals surface area (Å²) < 4.78 is 0. The van der Waals surface area contributed by atoms with E-state index in [9.17, 15) is 9.59 Å². The maximum Gasteiger partial charge on any atom is 0.222 e. The number of aromatic nitrogens is 1. The number of Topliss-reactive ketones (excluding diaryl/α,β-unsaturated/α-hetero) is 1. The van der Waals surface area contributed by atoms with Gasteiger partial charge in [-0.3, -0.25) is 9.59 Å². The predicted octanol–water partition coefficient (Wildman–Crippen LogP) is 3.39. The van der Waals surface area contributed by atoms with Crippen LogP contribution in [0.2, 0.25) is 0 Å². The maximum atomic E-state index is 12.8. The number of nitrogens with zero attached hydrogens (tertiary/aromatic N) is 1. The molecule has 4 nitrogen and oxygen atoms in total. The van der Waals surface area contributed by atoms with Crippen molar-refractivity contribution in [3.05, 3.63) is 36.0 Å². The molecule has 22 heavy (non-hydrogen) atoms. The highest BCUT2D eigenvalue weighted by molar-refractivity contribution is 6.08. The first-order chi connectivity index (χ1) is 10.7. The summed E-state index contributed by atoms with van der Waals surface area (Å²) in [6.07, 6.45) is 4.86. The highest BCUT2D eigenvalue weighted by Crippen LogP contribution is 2.26. The lowest BCUT2D eigenvalue weighted by atomic mass is 9.88. The minimum atomic E-state index is 0.0323. The fraction of sp³-hybridized carbons (Fsp3) is 0.444. The van der Waals surface area contributed by atoms with Crippen LogP contribution in [0.5, 0.6) is 0 Å². The number of piperidine rings is 1. The molecule has 3 rings (SSSR count). The maximum absolute atomic E-state index is 12.8. The second-order valence-electron chi connectivity index (χ2n) is 6.02. The van der Waals surface area contributed by atoms with Gasteiger partial charge in [0.05, 0.1) is 0 Å². The number of hydrogen-bond acceptors (Lipinski definition) is 2. The number of para-hydroxylation sites is 1. The molecule has 1 amide bonds. The van der Waals surface area contributed by atoms with Gasteiger partial charge in [-0.1, -0.05) is 25.1 Å². The lowest BCUT2D eigenvalue weighted by Gasteiger charge is -2.31. The molecule has 0 bridgehead atoms. The van der Waals surface area contributed by atoms with Crippen molar-refractivity contribution in [2.24, 2.45) is 5.92 Å². The Morgan fingerprint density at radius 1 is 1.23 bits per heavy atom. The van der Waals surface area contributed by atoms with Gasteiger partial charge in [0.1, 0.15) is 0 Å². The number of likely N-dealkylation sites (tertiary alicyclic amines) is 1. The molecule has 4 heteroatoms. The summed E-state index contributed by atoms with van der Waals surface area (Å²) in [6.45, 7) is 3.43. The summed E-state index contributed by atoms with van der Waals surface area (Å²) in [5.74, 6) is 0.463. The van der Waals surface area contributed by atoms with E-state index in [4.69, 9.17) is 0 Å². The molecule has 1 N–H and O–H groups in total. The number of carbonyl (C=O) groups is 2. The summed E-state index contributed by atoms with van der Waals surface area (Å²) in [6, 6.07) is 7.89. The van der Waals surface area contributed by atoms with Crippen molar-refractivity contribution in [3.63, 3.8) is 0 Å². The fourth-order valence-electron chi connectivity index (χ4n) is 3.26. The average Bonchev–Trinajstić information content (AvgIpc) is 2.98. The number of H-pyrrole nitrogens is 1. The van der Waals surface area contributed by atoms with Crippen LogP contribution < -0.4 is 0 Å². The Balaban J connectivity index is 1.69. The van der Waals surface area contributed by atoms with Crippen LogP contribution in [-0.4, -0.2) is 34.7 Å². The highest BCUT2D eigenvalue weighted by Gasteiger charge is 2.28. The number of carbonyl (C=O) groups excluding carboxylic acids is 2. The van der Waals surface area contributed by atoms with Crippen LogP contribution >= 0.6 is 0 Å². The van der Waals surface area contributed by atoms with Crippen LogP contribution in [0.4, 0.5) is 0 Å². The van der Waals surface area contributed by atoms with Crippen LogP contribution in [0.1, 0.15) is 43.0 Å². The zero-order valence-corrected chi connectivity index (χ0v) is 13.0. The topological polar surface area (TPSA) is 53.2 Å². The van der Waals surface area contributed by atoms with Gasteiger partial charge in [-0.2, -0.15) is 0 Å². The minimum absolute atomic E-state index is 0.0323. The average molecular weight is 298 g/mol. The van der Waals surface area contributed by atoms with Crippen molar-refractivity contribution < 1.29 is 9.59 Å². The summed E-state index contributed by atoms with van der Waals surface area (Å²) in [4.78, 5) is 29.7. The van der Waals surface area contributed by atoms with E-state index < -0.39 is 0 Å². The second-order valence-corrected chi connectivity index (χ2v) is 6.02. The molecule has 1 aliphatic rings. The number of nitrogens with one attached hydrogen (secondary N) is 1. The van der Waals surface area contributed by atoms with Gasteiger partial charge in [-0.25, -0.2) is 0 Å². The fourth-order valence-corrected chi connectivity index (χ4v) is 3.26. The Bertz CT molecular complexity index is 681. The van der Waals surface area contributed by atoms with Crippen molar-refractivity contribution in [1.82, 2.24) is 9.88 Å². The summed E-state index contributed by atoms with van der Waals surface area (Å²) in [5, 5.41) is 0.997. The van der Waals surface area contributed by atoms with E-state index in [-0.39, 0.29) is 17.6 Å². The number of aromatic amines is 1. The lowest BCUT2D eigenvalue weighted by molar-refractivity contribution is -0.132. The Morgan fingerprint density at radius 2 is 1.95 bits per heavy atom. The zero-order valence-electron chi connectivity index (χ0n) is 13.0. The van der Waals surface area contributed by atoms with Crippen LogP contribution in [0, 0.1) is 5.92 Å². The van der Waals surface area contributed by atoms with Crippen LogP contribution in [0.25, 0.3) is 10.9 Å². The molecule has 0 saturated carbocycles. The molecule has 2 aromatic rings. The first kappa shape index (κ1) is 14.8. The van der Waals surface area contributed by atoms with E-state index in [2.05, 4.69) is 4.98 Å². The monoisotopic (exact) mass is 298 g/mol. The summed E-state index contributed by atoms with van der Waals surface area (Å²) in [7, 11) is 0. The quantitative estimate of drug-likeness (QED) is 0.880. The molecular formula is C18H22N2O2. The van der Waals surface area contributed by atoms with E-state index in [1.165, 1.54) is 0 Å². The van der Waals surface area contributed by atoms with E-state index in [0.29, 0.717) is 19.5 Å². The van der Waals surface area contributed by atoms with E-state index >= 15 is 0 Å². The van der Waals surface area contributed by atoms with Crippen LogP contribution in [0.15, 0.2) is 30.5 Å². The normalized spacial score (nSPS) is 16.1. The van der Waals surface area contributed by atoms with Gasteiger partial charge in [0.25, 0.3) is 0 Å². The van der Waals surface area contributed by atoms with Crippen molar-refractivity contribution in [2.75, 3.05) is 13.1 Å². The first-order valence-electron chi connectivity index (χ1n) is 8.08. The van der Waals surface area contributed by atoms with Gasteiger partial charge in [0.15, 0.2) is 5.78 Å². The van der Waals surface area contributed by atoms with E-state index in [0.717, 1.165) is 35.7 Å². The van der Waals surface area contributed by atoms with Gasteiger partial charge in [-0.05, 0) is 25.3 Å². The first-order valence-corrected chi connectivity index (χ1v) is 8.08. The molecule has 2 heterocycles. The number of ketones is 1. The molecule has 1 aromatic heterocycles. The number of amides is 1. The zero-order chi connectivity index (χ0) is 15.5. The molecule has 0 spiro atoms. The molecule has 1 fully saturated rings. The van der Waals surface area contributed by atoms with Gasteiger partial charge < -0.3 is 9.88 Å². The Labute approximate surface area is 130 Å². The third-order valence-corrected chi connectivity index (χ3v) is 4.54. The van der Waals surface area contributed by atoms with Gasteiger partial charge >= 0.3 is 0 Å². The third kappa shape index (κ3) is 2.78. The molecule has 0 atom stereocenters. The SMILES string of the molecule is CCCC(=O)N1CCC(C(=O)c2c[nH]c3ccccc23)CC1. The molecule has 1 saturated heterocycles. The van der Waals surface area contributed by atoms with Crippen LogP contribution in [-0.2, 0) is 4.79 Å². The Kier molecular flexibility index (Phi) is 4.27. The predicted molar refractivity (Wildman–Crippen MR) is 86.8 cm³/mol. The summed E-state index contributed by atoms with van der Waals surface area (Å²) >= 11 is 0. The lowest BCUT2D eigenvalue weighted by Crippen LogP contribution is -2.40. The van der Waals surface area contributed by atoms with Crippen molar-refractivity contribution >= 4 is 22.6 Å². The molecule has 0 unspecified atom stereocenters. The molecule has 1 aromatic carbocycles. The standard InChI is InChI=1S/C18H22N2O2/c1-2-5-17(21)20-10-8-13(9-11-20)18(22)15-12-19-16-7-4-3-6-14(15)16/h3-4,6-7,12-13,19H,2,5,8-11H2,1H3. The smallest absolute Gasteiger partial charge is 0.222 e. The van der Waals surface area contributed by atoms with Crippen molar-refractivity contribution in [3.8, 4) is 0 Å². The molecule has 1 aliphatic heterocycles. The number of benzene rings is 1. The Morgan fingerprint density at radius 3 is 2.68 bits per heavy atom. The largest absolute Gasteiger partial charge is 0.360 e. The molecule has 0 aliphatic carbocycles. The van der Waals surface area contributed by atoms with Crippen molar-refractivity contribution in [1.29, 1.82) is 0 Å². The van der Waals surface area contributed by atoms with E-state index in [1.54, 1.807) is 0 Å². The van der Waals surface area contributed by atoms with Crippen LogP contribution in [0.3, 0.4) is 0 Å². The summed E-state index contributed by atoms with van der Waals surface area (Å²) in [5.41, 5.74) is 1.79. The number of fused-ring (bicyclic) bond motifs is 1. The Hall–Kier alpha value is -2.10. The van der Waals surface area contributed by atoms with E-state index in [1.807, 2.05) is 42.3 Å². The number of hydrogen-bond donors (Lipinski definition) is 1. The third-order valence-electron chi connectivity index (χ3n) is 4.54. The number of rotatable bonds is 4. The molecule has 116 valence electrons. The molecule has 0 radical (unpaired) electrons. The van der Waals surface area contributed by atoms with Gasteiger partial charge in [0.2, 0.25) is 5.91 Å². The van der Waals surface area contributed by atoms with Crippen molar-refractivity contribution in [2.45, 2.75) is 32.6 Å². The minimum Gasteiger partial charge on any atom is -0.360 e. The van der Waals surface area contributed by atoms with Gasteiger partial charge in [0, 0.05) is 48.1 Å². The molecular weight excluding hydrogens is 276 g/mol. The van der Waals surface area contributed by atoms with Gasteiger partial charge in [-0.15, -0.1) is 0 Å². The second kappa shape index (κ2) is 6.34.